The number of piperidine rings is 1. The van der Waals surface area contributed by atoms with E-state index in [4.69, 9.17) is 0 Å². The fourth-order valence-corrected chi connectivity index (χ4v) is 4.10. The van der Waals surface area contributed by atoms with E-state index < -0.39 is 0 Å². The molecule has 1 N–H and O–H groups in total. The van der Waals surface area contributed by atoms with Crippen LogP contribution < -0.4 is 5.32 Å². The minimum atomic E-state index is 0.734. The first-order chi connectivity index (χ1) is 9.77. The van der Waals surface area contributed by atoms with Crippen LogP contribution in [0, 0.1) is 5.41 Å². The second kappa shape index (κ2) is 6.33. The van der Waals surface area contributed by atoms with Crippen LogP contribution in [-0.4, -0.2) is 62.1 Å². The maximum atomic E-state index is 4.48. The van der Waals surface area contributed by atoms with Crippen molar-refractivity contribution in [3.63, 3.8) is 0 Å². The largest absolute Gasteiger partial charge is 0.355 e. The Hall–Kier alpha value is -0.770. The van der Waals surface area contributed by atoms with Gasteiger partial charge in [-0.15, -0.1) is 0 Å². The Morgan fingerprint density at radius 1 is 1.05 bits per heavy atom. The molecule has 3 rings (SSSR count). The van der Waals surface area contributed by atoms with Crippen molar-refractivity contribution in [3.05, 3.63) is 0 Å². The molecule has 0 radical (unpaired) electrons. The first-order valence-electron chi connectivity index (χ1n) is 8.49. The number of guanidine groups is 1. The third-order valence-electron chi connectivity index (χ3n) is 5.60. The zero-order valence-electron chi connectivity index (χ0n) is 13.0. The van der Waals surface area contributed by atoms with E-state index in [0.717, 1.165) is 31.0 Å². The van der Waals surface area contributed by atoms with Crippen molar-refractivity contribution >= 4 is 5.96 Å². The van der Waals surface area contributed by atoms with E-state index >= 15 is 0 Å². The van der Waals surface area contributed by atoms with Gasteiger partial charge in [0.15, 0.2) is 5.96 Å². The molecule has 0 aromatic heterocycles. The number of hydrogen-bond donors (Lipinski definition) is 1. The van der Waals surface area contributed by atoms with Gasteiger partial charge in [-0.3, -0.25) is 4.99 Å². The summed E-state index contributed by atoms with van der Waals surface area (Å²) in [7, 11) is 2.12. The maximum Gasteiger partial charge on any atom is 0.193 e. The van der Waals surface area contributed by atoms with Crippen LogP contribution in [0.1, 0.15) is 44.9 Å². The van der Waals surface area contributed by atoms with Gasteiger partial charge in [-0.05, 0) is 44.2 Å². The van der Waals surface area contributed by atoms with Gasteiger partial charge in [0.2, 0.25) is 0 Å². The smallest absolute Gasteiger partial charge is 0.193 e. The summed E-state index contributed by atoms with van der Waals surface area (Å²) in [6, 6.07) is 0. The molecule has 0 amide bonds. The van der Waals surface area contributed by atoms with Crippen molar-refractivity contribution in [3.8, 4) is 0 Å². The van der Waals surface area contributed by atoms with Gasteiger partial charge in [0.25, 0.3) is 0 Å². The topological polar surface area (TPSA) is 30.9 Å². The number of likely N-dealkylation sites (N-methyl/N-ethyl adjacent to an activating group) is 1. The molecule has 0 aromatic rings. The predicted octanol–water partition coefficient (Wildman–Crippen LogP) is 1.92. The highest BCUT2D eigenvalue weighted by molar-refractivity contribution is 5.81. The molecular formula is C16H30N4. The van der Waals surface area contributed by atoms with Crippen molar-refractivity contribution in [2.75, 3.05) is 46.3 Å². The summed E-state index contributed by atoms with van der Waals surface area (Å²) < 4.78 is 0. The second-order valence-corrected chi connectivity index (χ2v) is 6.96. The second-order valence-electron chi connectivity index (χ2n) is 6.96. The molecular weight excluding hydrogens is 248 g/mol. The Balaban J connectivity index is 1.36. The van der Waals surface area contributed by atoms with Crippen LogP contribution in [0.25, 0.3) is 0 Å². The highest BCUT2D eigenvalue weighted by Gasteiger charge is 2.35. The van der Waals surface area contributed by atoms with Crippen LogP contribution in [0.2, 0.25) is 0 Å². The van der Waals surface area contributed by atoms with Crippen LogP contribution in [0.3, 0.4) is 0 Å². The Morgan fingerprint density at radius 2 is 1.80 bits per heavy atom. The lowest BCUT2D eigenvalue weighted by Gasteiger charge is -2.44. The molecule has 20 heavy (non-hydrogen) atoms. The Morgan fingerprint density at radius 3 is 2.45 bits per heavy atom. The quantitative estimate of drug-likeness (QED) is 0.856. The molecule has 0 unspecified atom stereocenters. The summed E-state index contributed by atoms with van der Waals surface area (Å²) in [5.41, 5.74) is 0.734. The first kappa shape index (κ1) is 14.2. The molecule has 0 bridgehead atoms. The van der Waals surface area contributed by atoms with E-state index in [1.807, 2.05) is 0 Å². The van der Waals surface area contributed by atoms with Crippen molar-refractivity contribution in [2.45, 2.75) is 44.9 Å². The highest BCUT2D eigenvalue weighted by atomic mass is 15.3. The molecule has 2 heterocycles. The van der Waals surface area contributed by atoms with Crippen LogP contribution in [0.5, 0.6) is 0 Å². The van der Waals surface area contributed by atoms with Crippen molar-refractivity contribution in [1.29, 1.82) is 0 Å². The molecule has 3 aliphatic rings. The Bertz CT molecular complexity index is 336. The number of aliphatic imine (C=N–C) groups is 1. The number of nitrogens with one attached hydrogen (secondary N) is 1. The van der Waals surface area contributed by atoms with Gasteiger partial charge in [0.05, 0.1) is 6.54 Å². The Kier molecular flexibility index (Phi) is 4.49. The van der Waals surface area contributed by atoms with Gasteiger partial charge in [-0.1, -0.05) is 19.3 Å². The minimum absolute atomic E-state index is 0.734. The van der Waals surface area contributed by atoms with Gasteiger partial charge in [-0.25, -0.2) is 0 Å². The minimum Gasteiger partial charge on any atom is -0.355 e. The molecule has 0 atom stereocenters. The van der Waals surface area contributed by atoms with Crippen molar-refractivity contribution in [1.82, 2.24) is 15.1 Å². The fourth-order valence-electron chi connectivity index (χ4n) is 4.10. The van der Waals surface area contributed by atoms with E-state index in [2.05, 4.69) is 27.2 Å². The van der Waals surface area contributed by atoms with Crippen LogP contribution in [0.4, 0.5) is 0 Å². The molecule has 2 aliphatic heterocycles. The molecule has 1 saturated heterocycles. The monoisotopic (exact) mass is 278 g/mol. The Labute approximate surface area is 123 Å². The zero-order valence-corrected chi connectivity index (χ0v) is 13.0. The third-order valence-corrected chi connectivity index (χ3v) is 5.60. The van der Waals surface area contributed by atoms with Crippen molar-refractivity contribution in [2.24, 2.45) is 10.4 Å². The first-order valence-corrected chi connectivity index (χ1v) is 8.49. The fraction of sp³-hybridized carbons (Fsp3) is 0.938. The molecule has 114 valence electrons. The normalized spacial score (nSPS) is 26.9. The lowest BCUT2D eigenvalue weighted by Crippen LogP contribution is -2.45. The van der Waals surface area contributed by atoms with Gasteiger partial charge in [-0.2, -0.15) is 0 Å². The summed E-state index contributed by atoms with van der Waals surface area (Å²) in [6.45, 7) is 6.84. The van der Waals surface area contributed by atoms with Gasteiger partial charge < -0.3 is 15.1 Å². The van der Waals surface area contributed by atoms with Crippen LogP contribution in [0.15, 0.2) is 4.99 Å². The standard InChI is InChI=1S/C16H30N4/c1-19-13-9-17-15(19)18-10-14-20-11-7-16(8-12-20)5-3-2-4-6-16/h2-14H2,1H3,(H,17,18). The van der Waals surface area contributed by atoms with E-state index in [1.165, 1.54) is 64.6 Å². The van der Waals surface area contributed by atoms with E-state index in [0.29, 0.717) is 0 Å². The number of hydrogen-bond acceptors (Lipinski definition) is 4. The maximum absolute atomic E-state index is 4.48. The molecule has 0 aromatic carbocycles. The summed E-state index contributed by atoms with van der Waals surface area (Å²) in [4.78, 5) is 9.34. The molecule has 4 heteroatoms. The average Bonchev–Trinajstić information content (AvgIpc) is 2.88. The predicted molar refractivity (Wildman–Crippen MR) is 84.1 cm³/mol. The van der Waals surface area contributed by atoms with Crippen LogP contribution >= 0.6 is 0 Å². The summed E-state index contributed by atoms with van der Waals surface area (Å²) >= 11 is 0. The van der Waals surface area contributed by atoms with E-state index in [1.54, 1.807) is 0 Å². The van der Waals surface area contributed by atoms with Gasteiger partial charge >= 0.3 is 0 Å². The van der Waals surface area contributed by atoms with Crippen LogP contribution in [-0.2, 0) is 0 Å². The number of nitrogens with zero attached hydrogens (tertiary/aromatic N) is 3. The summed E-state index contributed by atoms with van der Waals surface area (Å²) in [6.07, 6.45) is 10.3. The lowest BCUT2D eigenvalue weighted by molar-refractivity contribution is 0.0688. The summed E-state index contributed by atoms with van der Waals surface area (Å²) in [5.74, 6) is 1.09. The SMILES string of the molecule is CN1CCN=C1NCCN1CCC2(CCCCC2)CC1. The molecule has 1 aliphatic carbocycles. The number of rotatable bonds is 3. The molecule has 4 nitrogen and oxygen atoms in total. The van der Waals surface area contributed by atoms with Gasteiger partial charge in [0.1, 0.15) is 0 Å². The summed E-state index contributed by atoms with van der Waals surface area (Å²) in [5, 5.41) is 3.48. The average molecular weight is 278 g/mol. The third kappa shape index (κ3) is 3.27. The number of likely N-dealkylation sites (tertiary alicyclic amines) is 1. The zero-order chi connectivity index (χ0) is 13.8. The highest BCUT2D eigenvalue weighted by Crippen LogP contribution is 2.44. The molecule has 2 fully saturated rings. The van der Waals surface area contributed by atoms with Crippen molar-refractivity contribution < 1.29 is 0 Å². The van der Waals surface area contributed by atoms with E-state index in [9.17, 15) is 0 Å². The molecule has 1 saturated carbocycles. The lowest BCUT2D eigenvalue weighted by atomic mass is 9.68. The van der Waals surface area contributed by atoms with E-state index in [-0.39, 0.29) is 0 Å². The van der Waals surface area contributed by atoms with Gasteiger partial charge in [0, 0.05) is 26.7 Å². The molecule has 1 spiro atoms.